The lowest BCUT2D eigenvalue weighted by molar-refractivity contribution is 0.140. The molecule has 97 valence electrons. The number of amides is 1. The number of allylic oxidation sites excluding steroid dienone is 1. The monoisotopic (exact) mass is 250 g/mol. The first-order valence-electron chi connectivity index (χ1n) is 5.40. The van der Waals surface area contributed by atoms with E-state index in [4.69, 9.17) is 14.8 Å². The van der Waals surface area contributed by atoms with E-state index in [2.05, 4.69) is 5.32 Å². The van der Waals surface area contributed by atoms with E-state index in [-0.39, 0.29) is 7.69 Å². The predicted octanol–water partition coefficient (Wildman–Crippen LogP) is 0.994. The Kier molecular flexibility index (Phi) is 10.5. The molecule has 0 unspecified atom stereocenters. The minimum Gasteiger partial charge on any atom is -0.445 e. The van der Waals surface area contributed by atoms with Crippen molar-refractivity contribution in [3.8, 4) is 0 Å². The Balaban J connectivity index is 0.000000873. The molecule has 0 atom stereocenters. The van der Waals surface area contributed by atoms with Crippen LogP contribution in [-0.2, 0) is 11.3 Å². The molecule has 1 amide bonds. The van der Waals surface area contributed by atoms with E-state index in [9.17, 15) is 4.79 Å². The van der Waals surface area contributed by atoms with Crippen LogP contribution in [0, 0.1) is 0 Å². The highest BCUT2D eigenvalue weighted by Crippen LogP contribution is 2.00. The largest absolute Gasteiger partial charge is 0.482 e. The summed E-state index contributed by atoms with van der Waals surface area (Å²) in [5, 5.41) is 16.6. The van der Waals surface area contributed by atoms with Crippen molar-refractivity contribution < 1.29 is 19.6 Å². The Morgan fingerprint density at radius 3 is 2.56 bits per heavy atom. The summed E-state index contributed by atoms with van der Waals surface area (Å²) in [5.74, 6) is 0. The molecule has 3 N–H and O–H groups in total. The van der Waals surface area contributed by atoms with E-state index in [0.29, 0.717) is 13.2 Å². The van der Waals surface area contributed by atoms with Crippen molar-refractivity contribution >= 4 is 13.8 Å². The molecule has 0 saturated carbocycles. The van der Waals surface area contributed by atoms with Crippen molar-refractivity contribution in [2.24, 2.45) is 0 Å². The summed E-state index contributed by atoms with van der Waals surface area (Å²) in [7, 11) is 0. The molecule has 0 aliphatic carbocycles. The number of carbonyl (C=O) groups is 1. The maximum atomic E-state index is 11.1. The minimum atomic E-state index is -0.392. The van der Waals surface area contributed by atoms with Gasteiger partial charge >= 0.3 is 13.8 Å². The van der Waals surface area contributed by atoms with Crippen molar-refractivity contribution in [2.75, 3.05) is 6.54 Å². The number of carbonyl (C=O) groups excluding carboxylic acids is 1. The summed E-state index contributed by atoms with van der Waals surface area (Å²) in [5.41, 5.74) is 0.985. The van der Waals surface area contributed by atoms with Crippen molar-refractivity contribution in [1.29, 1.82) is 0 Å². The molecular formula is C12H17BNO4. The highest BCUT2D eigenvalue weighted by atomic mass is 16.5. The SMILES string of the molecule is C/C=C/CNC(=O)OCc1ccccc1.O[B]O. The normalized spacial score (nSPS) is 9.28. The van der Waals surface area contributed by atoms with Gasteiger partial charge in [0.15, 0.2) is 0 Å². The lowest BCUT2D eigenvalue weighted by atomic mass is 10.2. The molecule has 18 heavy (non-hydrogen) atoms. The van der Waals surface area contributed by atoms with Gasteiger partial charge in [-0.25, -0.2) is 4.79 Å². The molecule has 1 radical (unpaired) electrons. The second kappa shape index (κ2) is 11.7. The molecule has 0 aliphatic heterocycles. The number of ether oxygens (including phenoxy) is 1. The van der Waals surface area contributed by atoms with E-state index in [1.807, 2.05) is 49.4 Å². The van der Waals surface area contributed by atoms with Gasteiger partial charge in [-0.05, 0) is 12.5 Å². The Bertz CT molecular complexity index is 343. The fraction of sp³-hybridized carbons (Fsp3) is 0.250. The minimum absolute atomic E-state index is 0. The van der Waals surface area contributed by atoms with Crippen LogP contribution in [0.25, 0.3) is 0 Å². The van der Waals surface area contributed by atoms with Crippen LogP contribution in [-0.4, -0.2) is 30.4 Å². The molecule has 0 aliphatic rings. The van der Waals surface area contributed by atoms with Gasteiger partial charge in [0.2, 0.25) is 0 Å². The first kappa shape index (κ1) is 16.2. The summed E-state index contributed by atoms with van der Waals surface area (Å²) >= 11 is 0. The average Bonchev–Trinajstić information content (AvgIpc) is 2.39. The van der Waals surface area contributed by atoms with Gasteiger partial charge in [-0.15, -0.1) is 0 Å². The fourth-order valence-corrected chi connectivity index (χ4v) is 1.03. The first-order valence-corrected chi connectivity index (χ1v) is 5.40. The molecule has 1 aromatic carbocycles. The zero-order valence-corrected chi connectivity index (χ0v) is 10.2. The topological polar surface area (TPSA) is 78.8 Å². The Hall–Kier alpha value is -1.79. The second-order valence-corrected chi connectivity index (χ2v) is 3.13. The standard InChI is InChI=1S/C12H15NO2.BH2O2/c1-2-3-9-13-12(14)15-10-11-7-5-4-6-8-11;2-1-3/h2-8H,9-10H2,1H3,(H,13,14);2-3H/b3-2+;. The number of nitrogens with one attached hydrogen (secondary N) is 1. The van der Waals surface area contributed by atoms with Crippen molar-refractivity contribution in [1.82, 2.24) is 5.32 Å². The lowest BCUT2D eigenvalue weighted by Gasteiger charge is -2.04. The Morgan fingerprint density at radius 1 is 1.39 bits per heavy atom. The predicted molar refractivity (Wildman–Crippen MR) is 69.6 cm³/mol. The van der Waals surface area contributed by atoms with Crippen LogP contribution in [0.4, 0.5) is 4.79 Å². The van der Waals surface area contributed by atoms with Crippen molar-refractivity contribution in [3.05, 3.63) is 48.0 Å². The molecule has 0 fully saturated rings. The highest BCUT2D eigenvalue weighted by Gasteiger charge is 1.99. The summed E-state index contributed by atoms with van der Waals surface area (Å²) in [6.07, 6.45) is 3.33. The molecular weight excluding hydrogens is 233 g/mol. The Morgan fingerprint density at radius 2 is 2.00 bits per heavy atom. The summed E-state index contributed by atoms with van der Waals surface area (Å²) in [4.78, 5) is 11.1. The van der Waals surface area contributed by atoms with Crippen molar-refractivity contribution in [3.63, 3.8) is 0 Å². The van der Waals surface area contributed by atoms with E-state index in [1.165, 1.54) is 0 Å². The fourth-order valence-electron chi connectivity index (χ4n) is 1.03. The summed E-state index contributed by atoms with van der Waals surface area (Å²) < 4.78 is 4.99. The van der Waals surface area contributed by atoms with E-state index >= 15 is 0 Å². The van der Waals surface area contributed by atoms with Gasteiger partial charge in [0.05, 0.1) is 0 Å². The third-order valence-electron chi connectivity index (χ3n) is 1.81. The van der Waals surface area contributed by atoms with E-state index in [0.717, 1.165) is 5.56 Å². The smallest absolute Gasteiger partial charge is 0.445 e. The van der Waals surface area contributed by atoms with Crippen LogP contribution in [0.15, 0.2) is 42.5 Å². The van der Waals surface area contributed by atoms with E-state index < -0.39 is 6.09 Å². The maximum Gasteiger partial charge on any atom is 0.482 e. The highest BCUT2D eigenvalue weighted by molar-refractivity contribution is 6.13. The van der Waals surface area contributed by atoms with Crippen LogP contribution in [0.5, 0.6) is 0 Å². The lowest BCUT2D eigenvalue weighted by Crippen LogP contribution is -2.24. The molecule has 1 rings (SSSR count). The maximum absolute atomic E-state index is 11.1. The van der Waals surface area contributed by atoms with Gasteiger partial charge in [0.25, 0.3) is 0 Å². The van der Waals surface area contributed by atoms with Gasteiger partial charge in [-0.2, -0.15) is 0 Å². The number of hydrogen-bond acceptors (Lipinski definition) is 4. The molecule has 6 heteroatoms. The molecule has 5 nitrogen and oxygen atoms in total. The van der Waals surface area contributed by atoms with Crippen molar-refractivity contribution in [2.45, 2.75) is 13.5 Å². The van der Waals surface area contributed by atoms with Crippen LogP contribution in [0.1, 0.15) is 12.5 Å². The summed E-state index contributed by atoms with van der Waals surface area (Å²) in [6, 6.07) is 9.58. The number of alkyl carbamates (subject to hydrolysis) is 1. The Labute approximate surface area is 107 Å². The molecule has 0 spiro atoms. The molecule has 0 saturated heterocycles. The van der Waals surface area contributed by atoms with Gasteiger partial charge in [-0.1, -0.05) is 42.5 Å². The van der Waals surface area contributed by atoms with Crippen LogP contribution in [0.2, 0.25) is 0 Å². The van der Waals surface area contributed by atoms with Gasteiger partial charge in [0, 0.05) is 6.54 Å². The zero-order chi connectivity index (χ0) is 13.6. The van der Waals surface area contributed by atoms with Crippen LogP contribution < -0.4 is 5.32 Å². The van der Waals surface area contributed by atoms with E-state index in [1.54, 1.807) is 0 Å². The number of benzene rings is 1. The molecule has 0 heterocycles. The molecule has 0 bridgehead atoms. The third kappa shape index (κ3) is 9.44. The van der Waals surface area contributed by atoms with Crippen LogP contribution in [0.3, 0.4) is 0 Å². The quantitative estimate of drug-likeness (QED) is 0.550. The summed E-state index contributed by atoms with van der Waals surface area (Å²) in [6.45, 7) is 2.71. The zero-order valence-electron chi connectivity index (χ0n) is 10.2. The molecule has 0 aromatic heterocycles. The molecule has 1 aromatic rings. The second-order valence-electron chi connectivity index (χ2n) is 3.13. The van der Waals surface area contributed by atoms with Gasteiger partial charge < -0.3 is 20.1 Å². The van der Waals surface area contributed by atoms with Gasteiger partial charge in [-0.3, -0.25) is 0 Å². The number of hydrogen-bond donors (Lipinski definition) is 3. The first-order chi connectivity index (χ1) is 8.74. The number of rotatable bonds is 4. The third-order valence-corrected chi connectivity index (χ3v) is 1.81. The van der Waals surface area contributed by atoms with Crippen LogP contribution >= 0.6 is 0 Å². The van der Waals surface area contributed by atoms with Gasteiger partial charge in [0.1, 0.15) is 6.61 Å². The average molecular weight is 250 g/mol.